The highest BCUT2D eigenvalue weighted by molar-refractivity contribution is 7.89. The number of aryl methyl sites for hydroxylation is 1. The molecule has 0 unspecified atom stereocenters. The molecule has 0 fully saturated rings. The normalized spacial score (nSPS) is 11.9. The van der Waals surface area contributed by atoms with Crippen molar-refractivity contribution in [2.75, 3.05) is 6.54 Å². The van der Waals surface area contributed by atoms with E-state index in [4.69, 9.17) is 10.2 Å². The van der Waals surface area contributed by atoms with Crippen LogP contribution in [-0.2, 0) is 23.0 Å². The number of sulfonamides is 1. The molecule has 5 nitrogen and oxygen atoms in total. The van der Waals surface area contributed by atoms with Crippen molar-refractivity contribution in [2.45, 2.75) is 24.8 Å². The standard InChI is InChI=1S/C12H16N2O3S2/c1-9-8-18-11(7-13)12(9)19(15,16)14-5-4-10-3-2-6-17-10/h2-3,6,8,14H,4-5,7,13H2,1H3. The molecule has 0 aliphatic heterocycles. The fourth-order valence-electron chi connectivity index (χ4n) is 1.82. The molecular formula is C12H16N2O3S2. The zero-order valence-electron chi connectivity index (χ0n) is 10.5. The Labute approximate surface area is 116 Å². The molecule has 0 atom stereocenters. The first-order chi connectivity index (χ1) is 9.04. The lowest BCUT2D eigenvalue weighted by atomic mass is 10.3. The third kappa shape index (κ3) is 3.24. The molecule has 19 heavy (non-hydrogen) atoms. The third-order valence-electron chi connectivity index (χ3n) is 2.69. The van der Waals surface area contributed by atoms with Crippen LogP contribution >= 0.6 is 11.3 Å². The van der Waals surface area contributed by atoms with Crippen LogP contribution in [0.1, 0.15) is 16.2 Å². The largest absolute Gasteiger partial charge is 0.469 e. The third-order valence-corrected chi connectivity index (χ3v) is 5.63. The summed E-state index contributed by atoms with van der Waals surface area (Å²) in [6, 6.07) is 3.59. The van der Waals surface area contributed by atoms with E-state index in [9.17, 15) is 8.42 Å². The van der Waals surface area contributed by atoms with Crippen molar-refractivity contribution in [2.24, 2.45) is 5.73 Å². The summed E-state index contributed by atoms with van der Waals surface area (Å²) in [5.41, 5.74) is 6.30. The minimum absolute atomic E-state index is 0.229. The van der Waals surface area contributed by atoms with Crippen molar-refractivity contribution >= 4 is 21.4 Å². The van der Waals surface area contributed by atoms with Crippen LogP contribution in [0.25, 0.3) is 0 Å². The number of furan rings is 1. The number of hydrogen-bond donors (Lipinski definition) is 2. The molecule has 7 heteroatoms. The Hall–Kier alpha value is -1.15. The Bertz CT molecular complexity index is 630. The lowest BCUT2D eigenvalue weighted by Gasteiger charge is -2.07. The van der Waals surface area contributed by atoms with Gasteiger partial charge >= 0.3 is 0 Å². The molecule has 2 heterocycles. The lowest BCUT2D eigenvalue weighted by molar-refractivity contribution is 0.506. The Kier molecular flexibility index (Phi) is 4.41. The van der Waals surface area contributed by atoms with Gasteiger partial charge in [-0.25, -0.2) is 13.1 Å². The van der Waals surface area contributed by atoms with Crippen LogP contribution < -0.4 is 10.5 Å². The number of nitrogens with two attached hydrogens (primary N) is 1. The van der Waals surface area contributed by atoms with Crippen molar-refractivity contribution in [1.82, 2.24) is 4.72 Å². The van der Waals surface area contributed by atoms with E-state index in [2.05, 4.69) is 4.72 Å². The summed E-state index contributed by atoms with van der Waals surface area (Å²) in [6.45, 7) is 2.30. The topological polar surface area (TPSA) is 85.3 Å². The van der Waals surface area contributed by atoms with Gasteiger partial charge in [0.1, 0.15) is 10.7 Å². The maximum absolute atomic E-state index is 12.2. The Morgan fingerprint density at radius 2 is 2.26 bits per heavy atom. The average molecular weight is 300 g/mol. The van der Waals surface area contributed by atoms with Gasteiger partial charge < -0.3 is 10.2 Å². The second kappa shape index (κ2) is 5.87. The van der Waals surface area contributed by atoms with E-state index in [0.29, 0.717) is 22.7 Å². The minimum Gasteiger partial charge on any atom is -0.469 e. The van der Waals surface area contributed by atoms with Crippen LogP contribution in [0.15, 0.2) is 33.1 Å². The van der Waals surface area contributed by atoms with Gasteiger partial charge in [0.2, 0.25) is 10.0 Å². The highest BCUT2D eigenvalue weighted by Crippen LogP contribution is 2.26. The van der Waals surface area contributed by atoms with Crippen molar-refractivity contribution in [3.8, 4) is 0 Å². The predicted octanol–water partition coefficient (Wildman–Crippen LogP) is 1.63. The molecule has 2 aromatic rings. The summed E-state index contributed by atoms with van der Waals surface area (Å²) in [7, 11) is -3.50. The van der Waals surface area contributed by atoms with Crippen molar-refractivity contribution in [1.29, 1.82) is 0 Å². The van der Waals surface area contributed by atoms with Crippen molar-refractivity contribution in [3.63, 3.8) is 0 Å². The van der Waals surface area contributed by atoms with Crippen LogP contribution in [0, 0.1) is 6.92 Å². The van der Waals surface area contributed by atoms with Gasteiger partial charge in [-0.15, -0.1) is 11.3 Å². The molecule has 0 aromatic carbocycles. The maximum Gasteiger partial charge on any atom is 0.241 e. The first kappa shape index (κ1) is 14.3. The lowest BCUT2D eigenvalue weighted by Crippen LogP contribution is -2.27. The quantitative estimate of drug-likeness (QED) is 0.849. The fraction of sp³-hybridized carbons (Fsp3) is 0.333. The van der Waals surface area contributed by atoms with E-state index in [0.717, 1.165) is 11.3 Å². The monoisotopic (exact) mass is 300 g/mol. The first-order valence-electron chi connectivity index (χ1n) is 5.83. The molecule has 0 spiro atoms. The highest BCUT2D eigenvalue weighted by Gasteiger charge is 2.21. The van der Waals surface area contributed by atoms with Crippen LogP contribution in [0.5, 0.6) is 0 Å². The molecule has 0 amide bonds. The Morgan fingerprint density at radius 1 is 1.47 bits per heavy atom. The van der Waals surface area contributed by atoms with Crippen LogP contribution in [0.2, 0.25) is 0 Å². The zero-order chi connectivity index (χ0) is 13.9. The van der Waals surface area contributed by atoms with Crippen LogP contribution in [0.3, 0.4) is 0 Å². The van der Waals surface area contributed by atoms with Crippen LogP contribution in [0.4, 0.5) is 0 Å². The Morgan fingerprint density at radius 3 is 2.89 bits per heavy atom. The van der Waals surface area contributed by atoms with E-state index in [1.165, 1.54) is 11.3 Å². The summed E-state index contributed by atoms with van der Waals surface area (Å²) < 4.78 is 32.2. The second-order valence-electron chi connectivity index (χ2n) is 4.10. The smallest absolute Gasteiger partial charge is 0.241 e. The molecule has 0 saturated heterocycles. The van der Waals surface area contributed by atoms with Gasteiger partial charge in [-0.05, 0) is 30.0 Å². The van der Waals surface area contributed by atoms with Gasteiger partial charge in [0.05, 0.1) is 6.26 Å². The highest BCUT2D eigenvalue weighted by atomic mass is 32.2. The molecule has 104 valence electrons. The zero-order valence-corrected chi connectivity index (χ0v) is 12.2. The van der Waals surface area contributed by atoms with E-state index < -0.39 is 10.0 Å². The maximum atomic E-state index is 12.2. The van der Waals surface area contributed by atoms with E-state index in [1.54, 1.807) is 19.3 Å². The van der Waals surface area contributed by atoms with Gasteiger partial charge in [0.25, 0.3) is 0 Å². The molecule has 0 radical (unpaired) electrons. The van der Waals surface area contributed by atoms with Gasteiger partial charge in [-0.3, -0.25) is 0 Å². The molecule has 0 bridgehead atoms. The number of thiophene rings is 1. The molecule has 2 rings (SSSR count). The molecule has 0 aliphatic carbocycles. The summed E-state index contributed by atoms with van der Waals surface area (Å²) in [5.74, 6) is 0.754. The summed E-state index contributed by atoms with van der Waals surface area (Å²) in [5, 5.41) is 1.81. The second-order valence-corrected chi connectivity index (χ2v) is 6.77. The van der Waals surface area contributed by atoms with E-state index >= 15 is 0 Å². The summed E-state index contributed by atoms with van der Waals surface area (Å²) in [4.78, 5) is 1.00. The average Bonchev–Trinajstić information content (AvgIpc) is 2.98. The first-order valence-corrected chi connectivity index (χ1v) is 8.20. The van der Waals surface area contributed by atoms with Crippen LogP contribution in [-0.4, -0.2) is 15.0 Å². The SMILES string of the molecule is Cc1csc(CN)c1S(=O)(=O)NCCc1ccco1. The van der Waals surface area contributed by atoms with Crippen molar-refractivity contribution < 1.29 is 12.8 Å². The Balaban J connectivity index is 2.07. The van der Waals surface area contributed by atoms with Gasteiger partial charge in [-0.2, -0.15) is 0 Å². The minimum atomic E-state index is -3.50. The predicted molar refractivity (Wildman–Crippen MR) is 74.5 cm³/mol. The van der Waals surface area contributed by atoms with Crippen molar-refractivity contribution in [3.05, 3.63) is 40.0 Å². The summed E-state index contributed by atoms with van der Waals surface area (Å²) in [6.07, 6.45) is 2.09. The molecule has 0 aliphatic rings. The number of nitrogens with one attached hydrogen (secondary N) is 1. The summed E-state index contributed by atoms with van der Waals surface area (Å²) >= 11 is 1.37. The molecule has 3 N–H and O–H groups in total. The molecule has 0 saturated carbocycles. The number of rotatable bonds is 6. The fourth-order valence-corrected chi connectivity index (χ4v) is 4.55. The van der Waals surface area contributed by atoms with E-state index in [-0.39, 0.29) is 6.54 Å². The van der Waals surface area contributed by atoms with Gasteiger partial charge in [-0.1, -0.05) is 0 Å². The molecular weight excluding hydrogens is 284 g/mol. The molecule has 2 aromatic heterocycles. The van der Waals surface area contributed by atoms with Gasteiger partial charge in [0.15, 0.2) is 0 Å². The van der Waals surface area contributed by atoms with E-state index in [1.807, 2.05) is 11.4 Å². The van der Waals surface area contributed by atoms with Gasteiger partial charge in [0, 0.05) is 24.4 Å². The number of hydrogen-bond acceptors (Lipinski definition) is 5.